The van der Waals surface area contributed by atoms with Crippen LogP contribution in [0.4, 0.5) is 18.9 Å². The van der Waals surface area contributed by atoms with Crippen molar-refractivity contribution in [2.45, 2.75) is 4.90 Å². The number of hydrogen-bond acceptors (Lipinski definition) is 2. The van der Waals surface area contributed by atoms with Crippen molar-refractivity contribution in [1.29, 1.82) is 0 Å². The molecule has 2 rings (SSSR count). The molecule has 0 aliphatic rings. The fraction of sp³-hybridized carbons (Fsp3) is 0. The first-order chi connectivity index (χ1) is 8.90. The first-order valence-corrected chi connectivity index (χ1v) is 6.61. The van der Waals surface area contributed by atoms with E-state index in [-0.39, 0.29) is 5.69 Å². The summed E-state index contributed by atoms with van der Waals surface area (Å²) in [6.07, 6.45) is 0. The third-order valence-electron chi connectivity index (χ3n) is 2.30. The molecule has 2 aromatic rings. The van der Waals surface area contributed by atoms with E-state index in [4.69, 9.17) is 0 Å². The Labute approximate surface area is 107 Å². The van der Waals surface area contributed by atoms with Crippen LogP contribution >= 0.6 is 0 Å². The minimum Gasteiger partial charge on any atom is -0.279 e. The van der Waals surface area contributed by atoms with Crippen LogP contribution in [0.3, 0.4) is 0 Å². The lowest BCUT2D eigenvalue weighted by Crippen LogP contribution is -2.14. The molecule has 0 spiro atoms. The van der Waals surface area contributed by atoms with Crippen molar-refractivity contribution in [3.8, 4) is 0 Å². The van der Waals surface area contributed by atoms with Crippen LogP contribution in [0, 0.1) is 17.5 Å². The first kappa shape index (κ1) is 13.4. The summed E-state index contributed by atoms with van der Waals surface area (Å²) in [6, 6.07) is 7.23. The Balaban J connectivity index is 2.37. The SMILES string of the molecule is O=S(=O)(Nc1ccc(F)c(F)c1)c1ccccc1F. The Morgan fingerprint density at radius 2 is 1.53 bits per heavy atom. The molecular formula is C12H8F3NO2S. The highest BCUT2D eigenvalue weighted by atomic mass is 32.2. The Bertz CT molecular complexity index is 717. The third kappa shape index (κ3) is 2.87. The minimum atomic E-state index is -4.19. The van der Waals surface area contributed by atoms with E-state index in [0.29, 0.717) is 6.07 Å². The van der Waals surface area contributed by atoms with Gasteiger partial charge in [-0.25, -0.2) is 21.6 Å². The molecule has 0 amide bonds. The Morgan fingerprint density at radius 3 is 2.16 bits per heavy atom. The third-order valence-corrected chi connectivity index (χ3v) is 3.71. The summed E-state index contributed by atoms with van der Waals surface area (Å²) in [5, 5.41) is 0. The molecule has 100 valence electrons. The molecule has 0 aliphatic carbocycles. The second kappa shape index (κ2) is 4.93. The van der Waals surface area contributed by atoms with E-state index >= 15 is 0 Å². The highest BCUT2D eigenvalue weighted by Gasteiger charge is 2.19. The van der Waals surface area contributed by atoms with Crippen LogP contribution in [0.5, 0.6) is 0 Å². The molecule has 0 aromatic heterocycles. The van der Waals surface area contributed by atoms with Gasteiger partial charge in [0.2, 0.25) is 0 Å². The number of nitrogens with one attached hydrogen (secondary N) is 1. The quantitative estimate of drug-likeness (QED) is 0.943. The summed E-state index contributed by atoms with van der Waals surface area (Å²) in [7, 11) is -4.19. The zero-order valence-electron chi connectivity index (χ0n) is 9.40. The van der Waals surface area contributed by atoms with Crippen molar-refractivity contribution in [3.05, 3.63) is 59.9 Å². The summed E-state index contributed by atoms with van der Waals surface area (Å²) in [6.45, 7) is 0. The average molecular weight is 287 g/mol. The summed E-state index contributed by atoms with van der Waals surface area (Å²) in [5.74, 6) is -3.24. The van der Waals surface area contributed by atoms with E-state index in [1.807, 2.05) is 4.72 Å². The van der Waals surface area contributed by atoms with Crippen LogP contribution in [0.25, 0.3) is 0 Å². The maximum absolute atomic E-state index is 13.4. The van der Waals surface area contributed by atoms with E-state index in [0.717, 1.165) is 24.3 Å². The molecule has 7 heteroatoms. The zero-order valence-corrected chi connectivity index (χ0v) is 10.2. The molecule has 1 N–H and O–H groups in total. The van der Waals surface area contributed by atoms with Gasteiger partial charge in [-0.05, 0) is 24.3 Å². The van der Waals surface area contributed by atoms with Gasteiger partial charge >= 0.3 is 0 Å². The summed E-state index contributed by atoms with van der Waals surface area (Å²) < 4.78 is 64.7. The molecule has 0 radical (unpaired) electrons. The van der Waals surface area contributed by atoms with Crippen LogP contribution < -0.4 is 4.72 Å². The molecule has 0 atom stereocenters. The van der Waals surface area contributed by atoms with Crippen molar-refractivity contribution in [2.24, 2.45) is 0 Å². The van der Waals surface area contributed by atoms with Crippen LogP contribution in [-0.4, -0.2) is 8.42 Å². The molecule has 0 saturated carbocycles. The van der Waals surface area contributed by atoms with Crippen molar-refractivity contribution in [2.75, 3.05) is 4.72 Å². The molecule has 0 saturated heterocycles. The van der Waals surface area contributed by atoms with Gasteiger partial charge in [-0.3, -0.25) is 4.72 Å². The summed E-state index contributed by atoms with van der Waals surface area (Å²) >= 11 is 0. The molecule has 2 aromatic carbocycles. The number of halogens is 3. The highest BCUT2D eigenvalue weighted by molar-refractivity contribution is 7.92. The Kier molecular flexibility index (Phi) is 3.48. The second-order valence-electron chi connectivity index (χ2n) is 3.66. The van der Waals surface area contributed by atoms with Crippen molar-refractivity contribution >= 4 is 15.7 Å². The number of anilines is 1. The molecule has 0 heterocycles. The maximum atomic E-state index is 13.4. The van der Waals surface area contributed by atoms with Crippen molar-refractivity contribution < 1.29 is 21.6 Å². The lowest BCUT2D eigenvalue weighted by molar-refractivity contribution is 0.509. The molecule has 0 bridgehead atoms. The lowest BCUT2D eigenvalue weighted by atomic mass is 10.3. The van der Waals surface area contributed by atoms with Crippen molar-refractivity contribution in [1.82, 2.24) is 0 Å². The normalized spacial score (nSPS) is 11.3. The molecule has 0 fully saturated rings. The number of hydrogen-bond donors (Lipinski definition) is 1. The maximum Gasteiger partial charge on any atom is 0.264 e. The predicted molar refractivity (Wildman–Crippen MR) is 63.6 cm³/mol. The molecule has 0 unspecified atom stereocenters. The summed E-state index contributed by atoms with van der Waals surface area (Å²) in [5.41, 5.74) is -0.192. The van der Waals surface area contributed by atoms with Gasteiger partial charge in [-0.2, -0.15) is 0 Å². The van der Waals surface area contributed by atoms with Crippen LogP contribution in [0.1, 0.15) is 0 Å². The van der Waals surface area contributed by atoms with E-state index in [1.165, 1.54) is 12.1 Å². The number of benzene rings is 2. The second-order valence-corrected chi connectivity index (χ2v) is 5.32. The van der Waals surface area contributed by atoms with Gasteiger partial charge in [0.25, 0.3) is 10.0 Å². The number of rotatable bonds is 3. The molecule has 3 nitrogen and oxygen atoms in total. The van der Waals surface area contributed by atoms with Gasteiger partial charge < -0.3 is 0 Å². The van der Waals surface area contributed by atoms with Crippen LogP contribution in [0.15, 0.2) is 47.4 Å². The fourth-order valence-corrected chi connectivity index (χ4v) is 2.56. The van der Waals surface area contributed by atoms with Gasteiger partial charge in [0.05, 0.1) is 5.69 Å². The topological polar surface area (TPSA) is 46.2 Å². The smallest absolute Gasteiger partial charge is 0.264 e. The number of sulfonamides is 1. The van der Waals surface area contributed by atoms with Gasteiger partial charge in [0, 0.05) is 6.07 Å². The van der Waals surface area contributed by atoms with E-state index in [1.54, 1.807) is 0 Å². The Hall–Kier alpha value is -2.02. The van der Waals surface area contributed by atoms with Crippen LogP contribution in [0.2, 0.25) is 0 Å². The van der Waals surface area contributed by atoms with Gasteiger partial charge in [-0.1, -0.05) is 12.1 Å². The molecular weight excluding hydrogens is 279 g/mol. The first-order valence-electron chi connectivity index (χ1n) is 5.12. The highest BCUT2D eigenvalue weighted by Crippen LogP contribution is 2.20. The standard InChI is InChI=1S/C12H8F3NO2S/c13-9-6-5-8(7-11(9)15)16-19(17,18)12-4-2-1-3-10(12)14/h1-7,16H. The predicted octanol–water partition coefficient (Wildman–Crippen LogP) is 2.90. The lowest BCUT2D eigenvalue weighted by Gasteiger charge is -2.08. The van der Waals surface area contributed by atoms with Gasteiger partial charge in [0.15, 0.2) is 11.6 Å². The van der Waals surface area contributed by atoms with Gasteiger partial charge in [-0.15, -0.1) is 0 Å². The van der Waals surface area contributed by atoms with E-state index in [9.17, 15) is 21.6 Å². The van der Waals surface area contributed by atoms with Crippen molar-refractivity contribution in [3.63, 3.8) is 0 Å². The molecule has 19 heavy (non-hydrogen) atoms. The molecule has 0 aliphatic heterocycles. The Morgan fingerprint density at radius 1 is 0.842 bits per heavy atom. The summed E-state index contributed by atoms with van der Waals surface area (Å²) in [4.78, 5) is -0.570. The fourth-order valence-electron chi connectivity index (χ4n) is 1.43. The van der Waals surface area contributed by atoms with E-state index < -0.39 is 32.4 Å². The zero-order chi connectivity index (χ0) is 14.0. The monoisotopic (exact) mass is 287 g/mol. The average Bonchev–Trinajstić information content (AvgIpc) is 2.34. The van der Waals surface area contributed by atoms with Crippen LogP contribution in [-0.2, 0) is 10.0 Å². The van der Waals surface area contributed by atoms with E-state index in [2.05, 4.69) is 0 Å². The van der Waals surface area contributed by atoms with Gasteiger partial charge in [0.1, 0.15) is 10.7 Å². The minimum absolute atomic E-state index is 0.192. The largest absolute Gasteiger partial charge is 0.279 e.